The highest BCUT2D eigenvalue weighted by Gasteiger charge is 1.94. The van der Waals surface area contributed by atoms with E-state index < -0.39 is 0 Å². The molecule has 0 spiro atoms. The van der Waals surface area contributed by atoms with Gasteiger partial charge in [0.25, 0.3) is 0 Å². The van der Waals surface area contributed by atoms with E-state index >= 15 is 0 Å². The molecule has 0 heterocycles. The predicted octanol–water partition coefficient (Wildman–Crippen LogP) is 0.0426. The lowest BCUT2D eigenvalue weighted by Crippen LogP contribution is -2.31. The first-order valence-electron chi connectivity index (χ1n) is 2.94. The average Bonchev–Trinajstić information content (AvgIpc) is 1.99. The highest BCUT2D eigenvalue weighted by atomic mass is 15.0. The Morgan fingerprint density at radius 1 is 1.45 bits per heavy atom. The van der Waals surface area contributed by atoms with Crippen LogP contribution in [0, 0.1) is 16.2 Å². The van der Waals surface area contributed by atoms with E-state index in [1.807, 2.05) is 0 Å². The molecule has 0 fully saturated rings. The third-order valence-electron chi connectivity index (χ3n) is 0.941. The molecular formula is C6H11N5. The minimum atomic E-state index is -0.320. The van der Waals surface area contributed by atoms with Crippen LogP contribution >= 0.6 is 0 Å². The normalized spacial score (nSPS) is 10.5. The summed E-state index contributed by atoms with van der Waals surface area (Å²) in [5.41, 5.74) is 5.64. The molecule has 0 amide bonds. The summed E-state index contributed by atoms with van der Waals surface area (Å²) in [6, 6.07) is 0. The van der Waals surface area contributed by atoms with Gasteiger partial charge in [-0.3, -0.25) is 10.8 Å². The van der Waals surface area contributed by atoms with E-state index in [1.165, 1.54) is 6.20 Å². The molecule has 60 valence electrons. The van der Waals surface area contributed by atoms with Crippen LogP contribution in [0.4, 0.5) is 0 Å². The van der Waals surface area contributed by atoms with Crippen molar-refractivity contribution >= 4 is 17.9 Å². The lowest BCUT2D eigenvalue weighted by atomic mass is 10.3. The molecule has 0 saturated heterocycles. The summed E-state index contributed by atoms with van der Waals surface area (Å²) in [4.78, 5) is 0. The van der Waals surface area contributed by atoms with Crippen molar-refractivity contribution in [1.82, 2.24) is 5.32 Å². The molecular weight excluding hydrogens is 142 g/mol. The fraction of sp³-hybridized carbons (Fsp3) is 0.167. The van der Waals surface area contributed by atoms with E-state index in [1.54, 1.807) is 6.92 Å². The van der Waals surface area contributed by atoms with Gasteiger partial charge in [0.05, 0.1) is 0 Å². The Labute approximate surface area is 64.8 Å². The highest BCUT2D eigenvalue weighted by molar-refractivity contribution is 6.37. The zero-order chi connectivity index (χ0) is 8.85. The second-order valence-electron chi connectivity index (χ2n) is 1.97. The molecule has 0 aromatic heterocycles. The Morgan fingerprint density at radius 2 is 2.00 bits per heavy atom. The fourth-order valence-electron chi connectivity index (χ4n) is 0.305. The maximum Gasteiger partial charge on any atom is 0.164 e. The molecule has 5 nitrogen and oxygen atoms in total. The van der Waals surface area contributed by atoms with Crippen LogP contribution in [0.3, 0.4) is 0 Å². The minimum Gasteiger partial charge on any atom is -0.381 e. The molecule has 0 aliphatic carbocycles. The summed E-state index contributed by atoms with van der Waals surface area (Å²) in [6.45, 7) is 1.70. The van der Waals surface area contributed by atoms with Crippen molar-refractivity contribution in [3.63, 3.8) is 0 Å². The van der Waals surface area contributed by atoms with Crippen LogP contribution in [0.5, 0.6) is 0 Å². The lowest BCUT2D eigenvalue weighted by molar-refractivity contribution is 1.21. The second kappa shape index (κ2) is 4.21. The topological polar surface area (TPSA) is 110 Å². The fourth-order valence-corrected chi connectivity index (χ4v) is 0.305. The number of amidine groups is 2. The van der Waals surface area contributed by atoms with Gasteiger partial charge in [-0.25, -0.2) is 0 Å². The summed E-state index contributed by atoms with van der Waals surface area (Å²) in [5.74, 6) is -0.481. The van der Waals surface area contributed by atoms with Crippen LogP contribution in [0.1, 0.15) is 6.92 Å². The molecule has 0 radical (unpaired) electrons. The van der Waals surface area contributed by atoms with E-state index in [0.717, 1.165) is 6.21 Å². The summed E-state index contributed by atoms with van der Waals surface area (Å²) in [7, 11) is 0. The SMILES string of the molecule is C/C(C=N)=C/NC(=N)C(=N)N. The summed E-state index contributed by atoms with van der Waals surface area (Å²) >= 11 is 0. The Kier molecular flexibility index (Phi) is 3.58. The third kappa shape index (κ3) is 3.85. The van der Waals surface area contributed by atoms with Gasteiger partial charge >= 0.3 is 0 Å². The van der Waals surface area contributed by atoms with Crippen LogP contribution in [0.15, 0.2) is 11.8 Å². The molecule has 0 aromatic carbocycles. The predicted molar refractivity (Wildman–Crippen MR) is 45.3 cm³/mol. The largest absolute Gasteiger partial charge is 0.381 e. The average molecular weight is 153 g/mol. The molecule has 0 aliphatic rings. The first kappa shape index (κ1) is 9.35. The van der Waals surface area contributed by atoms with Crippen molar-refractivity contribution in [3.05, 3.63) is 11.8 Å². The Morgan fingerprint density at radius 3 is 2.36 bits per heavy atom. The number of hydrogen-bond acceptors (Lipinski definition) is 3. The first-order valence-corrected chi connectivity index (χ1v) is 2.94. The monoisotopic (exact) mass is 153 g/mol. The van der Waals surface area contributed by atoms with E-state index in [4.69, 9.17) is 22.0 Å². The van der Waals surface area contributed by atoms with Crippen molar-refractivity contribution in [2.75, 3.05) is 0 Å². The van der Waals surface area contributed by atoms with Gasteiger partial charge in [0.15, 0.2) is 11.7 Å². The molecule has 0 saturated carbocycles. The van der Waals surface area contributed by atoms with E-state index in [9.17, 15) is 0 Å². The minimum absolute atomic E-state index is 0.161. The van der Waals surface area contributed by atoms with Crippen molar-refractivity contribution < 1.29 is 0 Å². The van der Waals surface area contributed by atoms with Gasteiger partial charge in [0.2, 0.25) is 0 Å². The van der Waals surface area contributed by atoms with Crippen molar-refractivity contribution in [2.24, 2.45) is 5.73 Å². The van der Waals surface area contributed by atoms with Gasteiger partial charge < -0.3 is 16.5 Å². The zero-order valence-electron chi connectivity index (χ0n) is 6.23. The van der Waals surface area contributed by atoms with Crippen molar-refractivity contribution in [3.8, 4) is 0 Å². The van der Waals surface area contributed by atoms with Gasteiger partial charge in [-0.1, -0.05) is 0 Å². The molecule has 0 rings (SSSR count). The van der Waals surface area contributed by atoms with Crippen LogP contribution in [-0.4, -0.2) is 17.9 Å². The zero-order valence-corrected chi connectivity index (χ0v) is 6.23. The van der Waals surface area contributed by atoms with Crippen molar-refractivity contribution in [1.29, 1.82) is 16.2 Å². The number of allylic oxidation sites excluding steroid dienone is 1. The Bertz CT molecular complexity index is 215. The van der Waals surface area contributed by atoms with Crippen molar-refractivity contribution in [2.45, 2.75) is 6.92 Å². The van der Waals surface area contributed by atoms with E-state index in [2.05, 4.69) is 5.32 Å². The molecule has 0 aromatic rings. The van der Waals surface area contributed by atoms with Crippen LogP contribution in [0.25, 0.3) is 0 Å². The second-order valence-corrected chi connectivity index (χ2v) is 1.97. The quantitative estimate of drug-likeness (QED) is 0.285. The first-order chi connectivity index (χ1) is 5.07. The number of nitrogens with one attached hydrogen (secondary N) is 4. The maximum absolute atomic E-state index is 7.03. The van der Waals surface area contributed by atoms with E-state index in [-0.39, 0.29) is 11.7 Å². The van der Waals surface area contributed by atoms with Gasteiger partial charge in [-0.2, -0.15) is 0 Å². The van der Waals surface area contributed by atoms with Crippen LogP contribution in [-0.2, 0) is 0 Å². The highest BCUT2D eigenvalue weighted by Crippen LogP contribution is 1.81. The van der Waals surface area contributed by atoms with Gasteiger partial charge in [-0.05, 0) is 12.5 Å². The van der Waals surface area contributed by atoms with Crippen LogP contribution < -0.4 is 11.1 Å². The maximum atomic E-state index is 7.03. The van der Waals surface area contributed by atoms with Gasteiger partial charge in [-0.15, -0.1) is 0 Å². The molecule has 0 bridgehead atoms. The molecule has 5 heteroatoms. The molecule has 0 atom stereocenters. The summed E-state index contributed by atoms with van der Waals surface area (Å²) in [6.07, 6.45) is 2.58. The number of rotatable bonds is 2. The Balaban J connectivity index is 3.98. The molecule has 11 heavy (non-hydrogen) atoms. The third-order valence-corrected chi connectivity index (χ3v) is 0.941. The summed E-state index contributed by atoms with van der Waals surface area (Å²) in [5, 5.41) is 23.1. The smallest absolute Gasteiger partial charge is 0.164 e. The number of hydrogen-bond donors (Lipinski definition) is 5. The summed E-state index contributed by atoms with van der Waals surface area (Å²) < 4.78 is 0. The Hall–Kier alpha value is -1.65. The molecule has 0 aliphatic heterocycles. The van der Waals surface area contributed by atoms with Gasteiger partial charge in [0.1, 0.15) is 0 Å². The standard InChI is InChI=1S/C6H11N5/c1-4(2-7)3-11-6(10)5(8)9/h2-3,7H,1H3,(H3,8,9)(H2,10,11)/b4-3-,7-2?. The molecule has 6 N–H and O–H groups in total. The number of nitrogens with two attached hydrogens (primary N) is 1. The molecule has 0 unspecified atom stereocenters. The van der Waals surface area contributed by atoms with Gasteiger partial charge in [0, 0.05) is 12.4 Å². The lowest BCUT2D eigenvalue weighted by Gasteiger charge is -1.99. The van der Waals surface area contributed by atoms with E-state index in [0.29, 0.717) is 5.57 Å². The van der Waals surface area contributed by atoms with Crippen LogP contribution in [0.2, 0.25) is 0 Å².